The van der Waals surface area contributed by atoms with E-state index in [4.69, 9.17) is 11.6 Å². The number of ketones is 1. The van der Waals surface area contributed by atoms with Crippen LogP contribution in [0, 0.1) is 5.82 Å². The van der Waals surface area contributed by atoms with E-state index in [0.717, 1.165) is 0 Å². The van der Waals surface area contributed by atoms with Crippen LogP contribution >= 0.6 is 11.6 Å². The number of nitrogens with zero attached hydrogens (tertiary/aromatic N) is 1. The van der Waals surface area contributed by atoms with Crippen molar-refractivity contribution in [1.29, 1.82) is 0 Å². The summed E-state index contributed by atoms with van der Waals surface area (Å²) in [5.41, 5.74) is 0.421. The van der Waals surface area contributed by atoms with Gasteiger partial charge in [-0.05, 0) is 19.1 Å². The first-order valence-electron chi connectivity index (χ1n) is 5.32. The molecule has 1 unspecified atom stereocenters. The van der Waals surface area contributed by atoms with Gasteiger partial charge in [0.25, 0.3) is 0 Å². The maximum Gasteiger partial charge on any atom is 0.148 e. The molecule has 2 nitrogen and oxygen atoms in total. The number of benzene rings is 1. The number of hydrogen-bond donors (Lipinski definition) is 0. The Balaban J connectivity index is 2.33. The molecule has 0 bridgehead atoms. The molecule has 1 aliphatic heterocycles. The number of carbonyl (C=O) groups excluding carboxylic acids is 1. The molecule has 0 spiro atoms. The number of para-hydroxylation sites is 1. The van der Waals surface area contributed by atoms with Crippen molar-refractivity contribution in [2.24, 2.45) is 0 Å². The summed E-state index contributed by atoms with van der Waals surface area (Å²) in [7, 11) is 0. The van der Waals surface area contributed by atoms with Crippen LogP contribution in [-0.2, 0) is 4.79 Å². The molecule has 1 atom stereocenters. The zero-order valence-corrected chi connectivity index (χ0v) is 9.80. The Kier molecular flexibility index (Phi) is 3.15. The molecule has 1 aliphatic rings. The summed E-state index contributed by atoms with van der Waals surface area (Å²) in [5.74, 6) is -0.0927. The van der Waals surface area contributed by atoms with Crippen molar-refractivity contribution in [3.63, 3.8) is 0 Å². The molecule has 0 aliphatic carbocycles. The Morgan fingerprint density at radius 1 is 1.50 bits per heavy atom. The maximum atomic E-state index is 13.7. The fourth-order valence-corrected chi connectivity index (χ4v) is 2.37. The molecule has 1 aromatic carbocycles. The first-order valence-corrected chi connectivity index (χ1v) is 5.69. The van der Waals surface area contributed by atoms with E-state index in [1.807, 2.05) is 11.8 Å². The molecule has 0 N–H and O–H groups in total. The number of piperidine rings is 1. The smallest absolute Gasteiger partial charge is 0.148 e. The van der Waals surface area contributed by atoms with Gasteiger partial charge < -0.3 is 4.90 Å². The van der Waals surface area contributed by atoms with Crippen LogP contribution in [0.25, 0.3) is 0 Å². The zero-order valence-electron chi connectivity index (χ0n) is 9.04. The van der Waals surface area contributed by atoms with Gasteiger partial charge in [-0.1, -0.05) is 17.7 Å². The quantitative estimate of drug-likeness (QED) is 0.753. The van der Waals surface area contributed by atoms with E-state index < -0.39 is 0 Å². The van der Waals surface area contributed by atoms with Gasteiger partial charge in [0.05, 0.1) is 10.7 Å². The molecule has 1 heterocycles. The molecule has 0 saturated carbocycles. The molecular formula is C12H13ClFNO. The van der Waals surface area contributed by atoms with Gasteiger partial charge >= 0.3 is 0 Å². The average molecular weight is 242 g/mol. The highest BCUT2D eigenvalue weighted by molar-refractivity contribution is 6.33. The minimum Gasteiger partial charge on any atom is -0.364 e. The molecule has 0 radical (unpaired) electrons. The summed E-state index contributed by atoms with van der Waals surface area (Å²) in [6.07, 6.45) is 0.930. The standard InChI is InChI=1S/C12H13ClFNO/c1-8-7-9(16)5-6-15(8)12-10(13)3-2-4-11(12)14/h2-4,8H,5-7H2,1H3. The molecule has 0 amide bonds. The van der Waals surface area contributed by atoms with Gasteiger partial charge in [0.2, 0.25) is 0 Å². The van der Waals surface area contributed by atoms with E-state index in [2.05, 4.69) is 0 Å². The number of halogens is 2. The summed E-state index contributed by atoms with van der Waals surface area (Å²) in [4.78, 5) is 13.1. The van der Waals surface area contributed by atoms with Gasteiger partial charge in [0.1, 0.15) is 11.6 Å². The third kappa shape index (κ3) is 2.05. The first kappa shape index (κ1) is 11.4. The summed E-state index contributed by atoms with van der Waals surface area (Å²) in [6, 6.07) is 4.66. The van der Waals surface area contributed by atoms with E-state index in [1.54, 1.807) is 12.1 Å². The van der Waals surface area contributed by atoms with Crippen molar-refractivity contribution in [1.82, 2.24) is 0 Å². The first-order chi connectivity index (χ1) is 7.59. The highest BCUT2D eigenvalue weighted by atomic mass is 35.5. The second kappa shape index (κ2) is 4.42. The summed E-state index contributed by atoms with van der Waals surface area (Å²) >= 11 is 6.00. The molecule has 1 aromatic rings. The number of Topliss-reactive ketones (excluding diaryl/α,β-unsaturated/α-hetero) is 1. The van der Waals surface area contributed by atoms with Gasteiger partial charge in [-0.2, -0.15) is 0 Å². The molecule has 16 heavy (non-hydrogen) atoms. The molecule has 2 rings (SSSR count). The molecule has 1 fully saturated rings. The number of anilines is 1. The topological polar surface area (TPSA) is 20.3 Å². The minimum atomic E-state index is -0.325. The third-order valence-corrected chi connectivity index (χ3v) is 3.22. The Labute approximate surface area is 99.0 Å². The molecular weight excluding hydrogens is 229 g/mol. The van der Waals surface area contributed by atoms with Crippen LogP contribution in [-0.4, -0.2) is 18.4 Å². The molecule has 0 aromatic heterocycles. The average Bonchev–Trinajstić information content (AvgIpc) is 2.20. The molecule has 4 heteroatoms. The van der Waals surface area contributed by atoms with E-state index in [9.17, 15) is 9.18 Å². The van der Waals surface area contributed by atoms with Crippen molar-refractivity contribution in [2.75, 3.05) is 11.4 Å². The van der Waals surface area contributed by atoms with Crippen molar-refractivity contribution >= 4 is 23.1 Å². The number of carbonyl (C=O) groups is 1. The maximum absolute atomic E-state index is 13.7. The van der Waals surface area contributed by atoms with E-state index >= 15 is 0 Å². The van der Waals surface area contributed by atoms with Crippen LogP contribution in [0.15, 0.2) is 18.2 Å². The normalized spacial score (nSPS) is 21.3. The molecule has 1 saturated heterocycles. The van der Waals surface area contributed by atoms with Crippen LogP contribution < -0.4 is 4.90 Å². The zero-order chi connectivity index (χ0) is 11.7. The van der Waals surface area contributed by atoms with Gasteiger partial charge in [-0.25, -0.2) is 4.39 Å². The van der Waals surface area contributed by atoms with Crippen LogP contribution in [0.1, 0.15) is 19.8 Å². The van der Waals surface area contributed by atoms with Crippen molar-refractivity contribution in [3.8, 4) is 0 Å². The predicted molar refractivity (Wildman–Crippen MR) is 62.5 cm³/mol. The van der Waals surface area contributed by atoms with E-state index in [1.165, 1.54) is 6.07 Å². The van der Waals surface area contributed by atoms with Crippen molar-refractivity contribution in [2.45, 2.75) is 25.8 Å². The van der Waals surface area contributed by atoms with Gasteiger partial charge in [-0.15, -0.1) is 0 Å². The van der Waals surface area contributed by atoms with E-state index in [0.29, 0.717) is 30.1 Å². The van der Waals surface area contributed by atoms with Gasteiger partial charge in [-0.3, -0.25) is 4.79 Å². The second-order valence-electron chi connectivity index (χ2n) is 4.11. The Morgan fingerprint density at radius 2 is 2.25 bits per heavy atom. The highest BCUT2D eigenvalue weighted by Gasteiger charge is 2.26. The lowest BCUT2D eigenvalue weighted by atomic mass is 10.0. The Hall–Kier alpha value is -1.09. The largest absolute Gasteiger partial charge is 0.364 e. The van der Waals surface area contributed by atoms with Gasteiger partial charge in [0.15, 0.2) is 0 Å². The van der Waals surface area contributed by atoms with Gasteiger partial charge in [0, 0.05) is 25.4 Å². The predicted octanol–water partition coefficient (Wildman–Crippen LogP) is 3.04. The second-order valence-corrected chi connectivity index (χ2v) is 4.51. The summed E-state index contributed by atoms with van der Waals surface area (Å²) in [5, 5.41) is 0.404. The van der Waals surface area contributed by atoms with Crippen molar-refractivity contribution in [3.05, 3.63) is 29.0 Å². The summed E-state index contributed by atoms with van der Waals surface area (Å²) < 4.78 is 13.7. The fraction of sp³-hybridized carbons (Fsp3) is 0.417. The lowest BCUT2D eigenvalue weighted by molar-refractivity contribution is -0.120. The van der Waals surface area contributed by atoms with E-state index in [-0.39, 0.29) is 17.6 Å². The monoisotopic (exact) mass is 241 g/mol. The van der Waals surface area contributed by atoms with Crippen LogP contribution in [0.5, 0.6) is 0 Å². The Morgan fingerprint density at radius 3 is 2.88 bits per heavy atom. The fourth-order valence-electron chi connectivity index (χ4n) is 2.10. The SMILES string of the molecule is CC1CC(=O)CCN1c1c(F)cccc1Cl. The highest BCUT2D eigenvalue weighted by Crippen LogP contribution is 2.32. The number of hydrogen-bond acceptors (Lipinski definition) is 2. The minimum absolute atomic E-state index is 0.00986. The third-order valence-electron chi connectivity index (χ3n) is 2.91. The van der Waals surface area contributed by atoms with Crippen molar-refractivity contribution < 1.29 is 9.18 Å². The number of rotatable bonds is 1. The van der Waals surface area contributed by atoms with Crippen LogP contribution in [0.4, 0.5) is 10.1 Å². The van der Waals surface area contributed by atoms with Crippen LogP contribution in [0.2, 0.25) is 5.02 Å². The lowest BCUT2D eigenvalue weighted by Gasteiger charge is -2.35. The Bertz CT molecular complexity index is 401. The van der Waals surface area contributed by atoms with Crippen LogP contribution in [0.3, 0.4) is 0 Å². The molecule has 86 valence electrons. The summed E-state index contributed by atoms with van der Waals surface area (Å²) in [6.45, 7) is 2.46. The lowest BCUT2D eigenvalue weighted by Crippen LogP contribution is -2.41.